The average Bonchev–Trinajstić information content (AvgIpc) is 3.70. The van der Waals surface area contributed by atoms with Gasteiger partial charge < -0.3 is 64.0 Å². The molecule has 364 valence electrons. The van der Waals surface area contributed by atoms with E-state index in [-0.39, 0.29) is 37.0 Å². The molecular formula is C42H75N11O11. The van der Waals surface area contributed by atoms with Gasteiger partial charge in [-0.25, -0.2) is 4.79 Å². The van der Waals surface area contributed by atoms with Crippen molar-refractivity contribution in [2.24, 2.45) is 29.2 Å². The van der Waals surface area contributed by atoms with Crippen LogP contribution in [0.2, 0.25) is 0 Å². The van der Waals surface area contributed by atoms with Crippen molar-refractivity contribution in [2.45, 2.75) is 169 Å². The molecule has 13 N–H and O–H groups in total. The van der Waals surface area contributed by atoms with Crippen LogP contribution in [0.25, 0.3) is 0 Å². The van der Waals surface area contributed by atoms with Gasteiger partial charge in [0.25, 0.3) is 0 Å². The second-order valence-corrected chi connectivity index (χ2v) is 17.7. The zero-order chi connectivity index (χ0) is 49.0. The number of nitrogens with two attached hydrogens (primary N) is 2. The summed E-state index contributed by atoms with van der Waals surface area (Å²) in [4.78, 5) is 131. The van der Waals surface area contributed by atoms with E-state index >= 15 is 0 Å². The van der Waals surface area contributed by atoms with Crippen molar-refractivity contribution >= 4 is 59.1 Å². The first-order valence-corrected chi connectivity index (χ1v) is 22.2. The molecule has 0 aliphatic carbocycles. The molecule has 0 aromatic carbocycles. The van der Waals surface area contributed by atoms with E-state index in [1.165, 1.54) is 32.6 Å². The first-order chi connectivity index (χ1) is 29.8. The van der Waals surface area contributed by atoms with Crippen LogP contribution in [0, 0.1) is 17.8 Å². The van der Waals surface area contributed by atoms with E-state index in [4.69, 9.17) is 11.5 Å². The molecule has 0 aromatic heterocycles. The molecule has 1 saturated heterocycles. The molecule has 0 saturated carbocycles. The Hall–Kier alpha value is -5.38. The number of rotatable bonds is 27. The summed E-state index contributed by atoms with van der Waals surface area (Å²) >= 11 is 0. The van der Waals surface area contributed by atoms with Crippen LogP contribution >= 0.6 is 0 Å². The Morgan fingerprint density at radius 1 is 0.609 bits per heavy atom. The van der Waals surface area contributed by atoms with Crippen molar-refractivity contribution in [2.75, 3.05) is 19.6 Å². The van der Waals surface area contributed by atoms with Crippen LogP contribution in [0.4, 0.5) is 0 Å². The minimum atomic E-state index is -1.22. The Balaban J connectivity index is 2.82. The Morgan fingerprint density at radius 2 is 1.09 bits per heavy atom. The lowest BCUT2D eigenvalue weighted by Crippen LogP contribution is -2.58. The molecule has 1 rings (SSSR count). The number of nitrogens with zero attached hydrogens (tertiary/aromatic N) is 1. The Labute approximate surface area is 376 Å². The summed E-state index contributed by atoms with van der Waals surface area (Å²) in [6.07, 6.45) is 2.55. The number of hydrogen-bond acceptors (Lipinski definition) is 12. The van der Waals surface area contributed by atoms with Gasteiger partial charge in [0.1, 0.15) is 48.3 Å². The van der Waals surface area contributed by atoms with E-state index in [1.807, 2.05) is 27.7 Å². The molecule has 1 fully saturated rings. The first-order valence-electron chi connectivity index (χ1n) is 22.2. The third-order valence-electron chi connectivity index (χ3n) is 10.4. The summed E-state index contributed by atoms with van der Waals surface area (Å²) in [7, 11) is 0. The van der Waals surface area contributed by atoms with Crippen LogP contribution in [0.1, 0.15) is 114 Å². The normalized spacial score (nSPS) is 17.4. The van der Waals surface area contributed by atoms with Crippen LogP contribution in [0.3, 0.4) is 0 Å². The average molecular weight is 910 g/mol. The maximum atomic E-state index is 13.4. The molecule has 1 aliphatic heterocycles. The molecule has 9 amide bonds. The van der Waals surface area contributed by atoms with Gasteiger partial charge in [-0.3, -0.25) is 43.2 Å². The van der Waals surface area contributed by atoms with Crippen molar-refractivity contribution < 1.29 is 53.1 Å². The van der Waals surface area contributed by atoms with Gasteiger partial charge in [-0.1, -0.05) is 41.5 Å². The van der Waals surface area contributed by atoms with E-state index < -0.39 is 120 Å². The van der Waals surface area contributed by atoms with Gasteiger partial charge in [0, 0.05) is 6.54 Å². The van der Waals surface area contributed by atoms with Crippen LogP contribution in [0.5, 0.6) is 0 Å². The van der Waals surface area contributed by atoms with Gasteiger partial charge in [0.05, 0.1) is 12.6 Å². The van der Waals surface area contributed by atoms with Crippen molar-refractivity contribution in [1.82, 2.24) is 47.4 Å². The Morgan fingerprint density at radius 3 is 1.61 bits per heavy atom. The van der Waals surface area contributed by atoms with Crippen molar-refractivity contribution in [1.29, 1.82) is 0 Å². The number of carbonyl (C=O) groups excluding carboxylic acids is 9. The van der Waals surface area contributed by atoms with E-state index in [0.717, 1.165) is 0 Å². The fourth-order valence-electron chi connectivity index (χ4n) is 6.79. The smallest absolute Gasteiger partial charge is 0.326 e. The molecular weight excluding hydrogens is 835 g/mol. The van der Waals surface area contributed by atoms with Gasteiger partial charge in [-0.05, 0) is 96.9 Å². The van der Waals surface area contributed by atoms with Crippen molar-refractivity contribution in [3.63, 3.8) is 0 Å². The summed E-state index contributed by atoms with van der Waals surface area (Å²) < 4.78 is 0. The standard InChI is InChI=1S/C42H75N11O11/c1-21(2)18-29(37(58)47-26(9)35(56)46-27(10)36(57)51-30(19-22(3)4)38(59)50-28(42(63)64)14-11-12-16-43)49-32(54)20-45-34(55)25(8)48-40(61)33(23(5)6)52-39(60)31-15-13-17-53(31)41(62)24(7)44/h21-31,33H,11-20,43-44H2,1-10H3,(H,45,55)(H,46,56)(H,47,58)(H,48,61)(H,49,54)(H,50,59)(H,51,57)(H,52,60)(H,63,64)/t24-,25-,26-,27-,28-,29-,30-,31-,33-/m0/s1. The quantitative estimate of drug-likeness (QED) is 0.0393. The molecule has 0 unspecified atom stereocenters. The molecule has 0 radical (unpaired) electrons. The number of unbranched alkanes of at least 4 members (excludes halogenated alkanes) is 1. The fraction of sp³-hybridized carbons (Fsp3) is 0.762. The number of amides is 9. The van der Waals surface area contributed by atoms with E-state index in [1.54, 1.807) is 13.8 Å². The number of carboxylic acids is 1. The van der Waals surface area contributed by atoms with Gasteiger partial charge in [-0.2, -0.15) is 0 Å². The first kappa shape index (κ1) is 56.6. The minimum absolute atomic E-state index is 0.0657. The third-order valence-corrected chi connectivity index (χ3v) is 10.4. The predicted octanol–water partition coefficient (Wildman–Crippen LogP) is -2.14. The molecule has 0 spiro atoms. The topological polar surface area (TPSA) is 342 Å². The molecule has 1 heterocycles. The lowest BCUT2D eigenvalue weighted by molar-refractivity contribution is -0.142. The maximum absolute atomic E-state index is 13.4. The highest BCUT2D eigenvalue weighted by molar-refractivity contribution is 5.97. The summed E-state index contributed by atoms with van der Waals surface area (Å²) in [6.45, 7) is 16.5. The maximum Gasteiger partial charge on any atom is 0.326 e. The number of nitrogens with one attached hydrogen (secondary N) is 8. The fourth-order valence-corrected chi connectivity index (χ4v) is 6.79. The van der Waals surface area contributed by atoms with Crippen molar-refractivity contribution in [3.05, 3.63) is 0 Å². The molecule has 22 heteroatoms. The van der Waals surface area contributed by atoms with Gasteiger partial charge >= 0.3 is 5.97 Å². The van der Waals surface area contributed by atoms with Crippen LogP contribution in [-0.2, 0) is 47.9 Å². The monoisotopic (exact) mass is 910 g/mol. The molecule has 64 heavy (non-hydrogen) atoms. The zero-order valence-electron chi connectivity index (χ0n) is 39.1. The third kappa shape index (κ3) is 19.6. The number of carbonyl (C=O) groups is 10. The summed E-state index contributed by atoms with van der Waals surface area (Å²) in [5.74, 6) is -7.67. The molecule has 22 nitrogen and oxygen atoms in total. The molecule has 1 aliphatic rings. The minimum Gasteiger partial charge on any atom is -0.480 e. The Kier molecular flexibility index (Phi) is 24.5. The van der Waals surface area contributed by atoms with Crippen LogP contribution in [0.15, 0.2) is 0 Å². The highest BCUT2D eigenvalue weighted by atomic mass is 16.4. The van der Waals surface area contributed by atoms with Crippen LogP contribution < -0.4 is 54.0 Å². The van der Waals surface area contributed by atoms with Gasteiger partial charge in [-0.15, -0.1) is 0 Å². The van der Waals surface area contributed by atoms with Crippen molar-refractivity contribution in [3.8, 4) is 0 Å². The SMILES string of the molecule is CC(C)C[C@H](NC(=O)CNC(=O)[C@H](C)NC(=O)[C@@H](NC(=O)[C@@H]1CCCN1C(=O)[C@H](C)N)C(C)C)C(=O)N[C@@H](C)C(=O)N[C@@H](C)C(=O)N[C@@H](CC(C)C)C(=O)N[C@@H](CCCCN)C(=O)O. The summed E-state index contributed by atoms with van der Waals surface area (Å²) in [6, 6.07) is -9.54. The lowest BCUT2D eigenvalue weighted by atomic mass is 10.0. The highest BCUT2D eigenvalue weighted by Gasteiger charge is 2.38. The van der Waals surface area contributed by atoms with Gasteiger partial charge in [0.2, 0.25) is 53.2 Å². The van der Waals surface area contributed by atoms with Gasteiger partial charge in [0.15, 0.2) is 0 Å². The van der Waals surface area contributed by atoms with E-state index in [0.29, 0.717) is 38.8 Å². The second kappa shape index (κ2) is 27.7. The Bertz CT molecular complexity index is 1640. The number of likely N-dealkylation sites (tertiary alicyclic amines) is 1. The zero-order valence-corrected chi connectivity index (χ0v) is 39.1. The predicted molar refractivity (Wildman–Crippen MR) is 236 cm³/mol. The number of aliphatic carboxylic acids is 1. The summed E-state index contributed by atoms with van der Waals surface area (Å²) in [5.41, 5.74) is 11.2. The van der Waals surface area contributed by atoms with Crippen LogP contribution in [-0.4, -0.2) is 143 Å². The molecule has 0 aromatic rings. The number of carboxylic acid groups (broad SMARTS) is 1. The molecule has 9 atom stereocenters. The van der Waals surface area contributed by atoms with E-state index in [9.17, 15) is 53.1 Å². The lowest BCUT2D eigenvalue weighted by Gasteiger charge is -2.29. The van der Waals surface area contributed by atoms with E-state index in [2.05, 4.69) is 42.5 Å². The largest absolute Gasteiger partial charge is 0.480 e. The summed E-state index contributed by atoms with van der Waals surface area (Å²) in [5, 5.41) is 29.9. The second-order valence-electron chi connectivity index (χ2n) is 17.7. The highest BCUT2D eigenvalue weighted by Crippen LogP contribution is 2.19. The number of hydrogen-bond donors (Lipinski definition) is 11. The molecule has 0 bridgehead atoms.